The molecule has 0 saturated carbocycles. The minimum absolute atomic E-state index is 0.00498. The molecule has 0 bridgehead atoms. The lowest BCUT2D eigenvalue weighted by Gasteiger charge is -2.33. The predicted octanol–water partition coefficient (Wildman–Crippen LogP) is 4.81. The van der Waals surface area contributed by atoms with Gasteiger partial charge in [0.25, 0.3) is 0 Å². The minimum Gasteiger partial charge on any atom is -0.301 e. The van der Waals surface area contributed by atoms with Crippen LogP contribution < -0.4 is 5.32 Å². The van der Waals surface area contributed by atoms with Gasteiger partial charge in [0.15, 0.2) is 5.13 Å². The second-order valence-corrected chi connectivity index (χ2v) is 10.8. The number of anilines is 1. The number of carbonyl (C=O) groups is 2. The summed E-state index contributed by atoms with van der Waals surface area (Å²) in [6, 6.07) is 9.71. The number of thioether (sulfide) groups is 1. The lowest BCUT2D eigenvalue weighted by Crippen LogP contribution is -2.39. The molecule has 7 heteroatoms. The van der Waals surface area contributed by atoms with Crippen LogP contribution in [0.5, 0.6) is 0 Å². The van der Waals surface area contributed by atoms with Gasteiger partial charge in [0, 0.05) is 4.88 Å². The summed E-state index contributed by atoms with van der Waals surface area (Å²) in [5.41, 5.74) is 3.10. The second kappa shape index (κ2) is 8.55. The Morgan fingerprint density at radius 1 is 1.27 bits per heavy atom. The van der Waals surface area contributed by atoms with Gasteiger partial charge in [-0.15, -0.1) is 23.1 Å². The van der Waals surface area contributed by atoms with Crippen molar-refractivity contribution in [2.45, 2.75) is 40.0 Å². The number of nitrogens with zero attached hydrogens (tertiary/aromatic N) is 2. The van der Waals surface area contributed by atoms with E-state index in [0.29, 0.717) is 16.8 Å². The predicted molar refractivity (Wildman–Crippen MR) is 124 cm³/mol. The number of amides is 2. The molecule has 1 atom stereocenters. The number of aryl methyl sites for hydroxylation is 1. The van der Waals surface area contributed by atoms with Gasteiger partial charge in [0.1, 0.15) is 6.54 Å². The number of hydrogen-bond acceptors (Lipinski definition) is 5. The van der Waals surface area contributed by atoms with Crippen molar-refractivity contribution in [2.24, 2.45) is 11.3 Å². The van der Waals surface area contributed by atoms with Gasteiger partial charge in [0.05, 0.1) is 17.1 Å². The Bertz CT molecular complexity index is 976. The zero-order valence-corrected chi connectivity index (χ0v) is 19.2. The lowest BCUT2D eigenvalue weighted by molar-refractivity contribution is -0.129. The van der Waals surface area contributed by atoms with Crippen LogP contribution in [-0.4, -0.2) is 34.0 Å². The molecule has 2 aromatic rings. The van der Waals surface area contributed by atoms with E-state index in [1.165, 1.54) is 16.6 Å². The van der Waals surface area contributed by atoms with Gasteiger partial charge < -0.3 is 10.2 Å². The number of carbonyl (C=O) groups excluding carboxylic acids is 2. The number of fused-ring (bicyclic) bond motifs is 1. The highest BCUT2D eigenvalue weighted by molar-refractivity contribution is 8.03. The highest BCUT2D eigenvalue weighted by atomic mass is 32.2. The second-order valence-electron chi connectivity index (χ2n) is 8.90. The van der Waals surface area contributed by atoms with E-state index in [1.807, 2.05) is 35.7 Å². The van der Waals surface area contributed by atoms with Gasteiger partial charge in [-0.3, -0.25) is 9.59 Å². The SMILES string of the molecule is CC(C)(C)C1CCc2nc(NC(=O)CN3C(=O)CSC=C3c3ccccc3)sc2C1. The van der Waals surface area contributed by atoms with Gasteiger partial charge in [0.2, 0.25) is 11.8 Å². The van der Waals surface area contributed by atoms with E-state index in [4.69, 9.17) is 0 Å². The maximum Gasteiger partial charge on any atom is 0.246 e. The van der Waals surface area contributed by atoms with Crippen LogP contribution in [-0.2, 0) is 22.4 Å². The molecular formula is C23H27N3O2S2. The first-order valence-electron chi connectivity index (χ1n) is 10.3. The van der Waals surface area contributed by atoms with E-state index < -0.39 is 0 Å². The average Bonchev–Trinajstić information content (AvgIpc) is 3.10. The number of hydrogen-bond donors (Lipinski definition) is 1. The van der Waals surface area contributed by atoms with Crippen molar-refractivity contribution < 1.29 is 9.59 Å². The molecule has 158 valence electrons. The van der Waals surface area contributed by atoms with Crippen molar-refractivity contribution in [2.75, 3.05) is 17.6 Å². The first-order valence-corrected chi connectivity index (χ1v) is 12.1. The van der Waals surface area contributed by atoms with Gasteiger partial charge in [-0.2, -0.15) is 0 Å². The molecule has 30 heavy (non-hydrogen) atoms. The van der Waals surface area contributed by atoms with Crippen LogP contribution >= 0.6 is 23.1 Å². The summed E-state index contributed by atoms with van der Waals surface area (Å²) in [5.74, 6) is 0.720. The average molecular weight is 442 g/mol. The van der Waals surface area contributed by atoms with Crippen molar-refractivity contribution in [3.05, 3.63) is 51.9 Å². The van der Waals surface area contributed by atoms with Crippen molar-refractivity contribution in [1.82, 2.24) is 9.88 Å². The van der Waals surface area contributed by atoms with E-state index in [9.17, 15) is 9.59 Å². The Labute approximate surface area is 186 Å². The molecule has 0 fully saturated rings. The van der Waals surface area contributed by atoms with Crippen LogP contribution in [0.3, 0.4) is 0 Å². The summed E-state index contributed by atoms with van der Waals surface area (Å²) in [6.45, 7) is 6.86. The zero-order valence-electron chi connectivity index (χ0n) is 17.6. The molecule has 0 spiro atoms. The molecule has 0 radical (unpaired) electrons. The molecule has 2 aliphatic rings. The Balaban J connectivity index is 1.45. The summed E-state index contributed by atoms with van der Waals surface area (Å²) in [5, 5.41) is 5.53. The van der Waals surface area contributed by atoms with E-state index in [0.717, 1.165) is 36.2 Å². The van der Waals surface area contributed by atoms with E-state index in [-0.39, 0.29) is 23.8 Å². The fraction of sp³-hybridized carbons (Fsp3) is 0.435. The van der Waals surface area contributed by atoms with Gasteiger partial charge in [-0.25, -0.2) is 4.98 Å². The Hall–Kier alpha value is -2.12. The molecular weight excluding hydrogens is 414 g/mol. The highest BCUT2D eigenvalue weighted by Crippen LogP contribution is 2.40. The topological polar surface area (TPSA) is 62.3 Å². The summed E-state index contributed by atoms with van der Waals surface area (Å²) in [4.78, 5) is 32.8. The maximum absolute atomic E-state index is 12.8. The number of aromatic nitrogens is 1. The molecule has 1 aromatic carbocycles. The van der Waals surface area contributed by atoms with Crippen molar-refractivity contribution in [1.29, 1.82) is 0 Å². The number of benzene rings is 1. The Kier molecular flexibility index (Phi) is 6.02. The third-order valence-electron chi connectivity index (χ3n) is 5.78. The molecule has 4 rings (SSSR count). The molecule has 5 nitrogen and oxygen atoms in total. The van der Waals surface area contributed by atoms with Crippen LogP contribution in [0.4, 0.5) is 5.13 Å². The van der Waals surface area contributed by atoms with Gasteiger partial charge in [-0.1, -0.05) is 51.1 Å². The molecule has 1 aromatic heterocycles. The van der Waals surface area contributed by atoms with Crippen molar-refractivity contribution in [3.63, 3.8) is 0 Å². The molecule has 1 N–H and O–H groups in total. The maximum atomic E-state index is 12.8. The third-order valence-corrected chi connectivity index (χ3v) is 7.61. The molecule has 2 heterocycles. The summed E-state index contributed by atoms with van der Waals surface area (Å²) in [7, 11) is 0. The third kappa shape index (κ3) is 4.62. The largest absolute Gasteiger partial charge is 0.301 e. The van der Waals surface area contributed by atoms with Crippen LogP contribution in [0.25, 0.3) is 5.70 Å². The number of rotatable bonds is 4. The van der Waals surface area contributed by atoms with Crippen LogP contribution in [0, 0.1) is 11.3 Å². The Morgan fingerprint density at radius 2 is 2.03 bits per heavy atom. The fourth-order valence-electron chi connectivity index (χ4n) is 3.94. The molecule has 1 unspecified atom stereocenters. The number of thiazole rings is 1. The first kappa shape index (κ1) is 21.1. The molecule has 0 saturated heterocycles. The molecule has 2 amide bonds. The van der Waals surface area contributed by atoms with Crippen LogP contribution in [0.15, 0.2) is 35.7 Å². The monoisotopic (exact) mass is 441 g/mol. The Morgan fingerprint density at radius 3 is 2.77 bits per heavy atom. The lowest BCUT2D eigenvalue weighted by atomic mass is 9.73. The van der Waals surface area contributed by atoms with Crippen LogP contribution in [0.2, 0.25) is 0 Å². The van der Waals surface area contributed by atoms with E-state index in [2.05, 4.69) is 31.1 Å². The summed E-state index contributed by atoms with van der Waals surface area (Å²) in [6.07, 6.45) is 3.13. The molecule has 1 aliphatic carbocycles. The zero-order chi connectivity index (χ0) is 21.3. The highest BCUT2D eigenvalue weighted by Gasteiger charge is 2.31. The summed E-state index contributed by atoms with van der Waals surface area (Å²) >= 11 is 3.04. The quantitative estimate of drug-likeness (QED) is 0.740. The molecule has 1 aliphatic heterocycles. The van der Waals surface area contributed by atoms with Gasteiger partial charge in [-0.05, 0) is 41.6 Å². The van der Waals surface area contributed by atoms with Crippen molar-refractivity contribution in [3.8, 4) is 0 Å². The van der Waals surface area contributed by atoms with Crippen molar-refractivity contribution >= 4 is 45.7 Å². The van der Waals surface area contributed by atoms with E-state index >= 15 is 0 Å². The minimum atomic E-state index is -0.212. The normalized spacial score (nSPS) is 19.3. The number of nitrogens with one attached hydrogen (secondary N) is 1. The standard InChI is InChI=1S/C23H27N3O2S2/c1-23(2,3)16-9-10-17-19(11-16)30-22(24-17)25-20(27)12-26-18(13-29-14-21(26)28)15-7-5-4-6-8-15/h4-8,13,16H,9-12,14H2,1-3H3,(H,24,25,27). The van der Waals surface area contributed by atoms with Gasteiger partial charge >= 0.3 is 0 Å². The summed E-state index contributed by atoms with van der Waals surface area (Å²) < 4.78 is 0. The van der Waals surface area contributed by atoms with E-state index in [1.54, 1.807) is 16.2 Å². The smallest absolute Gasteiger partial charge is 0.246 e. The first-order chi connectivity index (χ1) is 14.3. The van der Waals surface area contributed by atoms with Crippen LogP contribution in [0.1, 0.15) is 43.3 Å². The fourth-order valence-corrected chi connectivity index (χ4v) is 5.85.